The molecule has 1 saturated heterocycles. The molecule has 1 fully saturated rings. The Labute approximate surface area is 201 Å². The highest BCUT2D eigenvalue weighted by molar-refractivity contribution is 7.14. The van der Waals surface area contributed by atoms with E-state index in [0.717, 1.165) is 23.4 Å². The number of amides is 1. The molecule has 0 spiro atoms. The van der Waals surface area contributed by atoms with Crippen molar-refractivity contribution in [2.45, 2.75) is 18.8 Å². The maximum Gasteiger partial charge on any atom is 0.246 e. The monoisotopic (exact) mass is 483 g/mol. The van der Waals surface area contributed by atoms with E-state index in [1.165, 1.54) is 17.4 Å². The van der Waals surface area contributed by atoms with Crippen molar-refractivity contribution < 1.29 is 23.4 Å². The van der Waals surface area contributed by atoms with Crippen LogP contribution in [-0.4, -0.2) is 55.4 Å². The molecule has 0 aliphatic carbocycles. The maximum atomic E-state index is 14.1. The average Bonchev–Trinajstić information content (AvgIpc) is 3.37. The van der Waals surface area contributed by atoms with Gasteiger partial charge in [-0.1, -0.05) is 23.5 Å². The fourth-order valence-electron chi connectivity index (χ4n) is 3.99. The van der Waals surface area contributed by atoms with Crippen molar-refractivity contribution in [2.24, 2.45) is 0 Å². The van der Waals surface area contributed by atoms with Crippen molar-refractivity contribution in [2.75, 3.05) is 34.4 Å². The largest absolute Gasteiger partial charge is 0.493 e. The second-order valence-corrected chi connectivity index (χ2v) is 8.85. The summed E-state index contributed by atoms with van der Waals surface area (Å²) in [6.45, 7) is 1.22. The highest BCUT2D eigenvalue weighted by Gasteiger charge is 2.27. The van der Waals surface area contributed by atoms with E-state index in [0.29, 0.717) is 40.9 Å². The number of halogens is 1. The van der Waals surface area contributed by atoms with Gasteiger partial charge in [0.05, 0.1) is 21.3 Å². The first-order valence-corrected chi connectivity index (χ1v) is 11.7. The van der Waals surface area contributed by atoms with Gasteiger partial charge in [-0.25, -0.2) is 4.39 Å². The summed E-state index contributed by atoms with van der Waals surface area (Å²) in [5.74, 6) is 1.21. The smallest absolute Gasteiger partial charge is 0.246 e. The highest BCUT2D eigenvalue weighted by atomic mass is 32.1. The van der Waals surface area contributed by atoms with Crippen LogP contribution in [0.25, 0.3) is 16.6 Å². The lowest BCUT2D eigenvalue weighted by Crippen LogP contribution is -2.38. The quantitative estimate of drug-likeness (QED) is 0.450. The van der Waals surface area contributed by atoms with E-state index in [1.54, 1.807) is 63.8 Å². The molecular formula is C25H26FN3O4S. The number of nitrogens with zero attached hydrogens (tertiary/aromatic N) is 3. The standard InChI is InChI=1S/C25H26FN3O4S/c1-31-20-13-16(14-21(32-2)23(20)33-3)10-11-22(30)29-12-6-7-17(15-29)24-27-28-25(34-24)18-8-4-5-9-19(18)26/h4-5,8-11,13-14,17H,6-7,12,15H2,1-3H3/b11-10+. The van der Waals surface area contributed by atoms with E-state index in [9.17, 15) is 9.18 Å². The molecule has 9 heteroatoms. The second kappa shape index (κ2) is 10.6. The highest BCUT2D eigenvalue weighted by Crippen LogP contribution is 2.38. The topological polar surface area (TPSA) is 73.8 Å². The molecule has 1 atom stereocenters. The lowest BCUT2D eigenvalue weighted by molar-refractivity contribution is -0.127. The number of methoxy groups -OCH3 is 3. The summed E-state index contributed by atoms with van der Waals surface area (Å²) in [6, 6.07) is 10.1. The van der Waals surface area contributed by atoms with Gasteiger partial charge in [-0.05, 0) is 48.7 Å². The summed E-state index contributed by atoms with van der Waals surface area (Å²) in [7, 11) is 4.65. The third-order valence-corrected chi connectivity index (χ3v) is 6.85. The van der Waals surface area contributed by atoms with Gasteiger partial charge < -0.3 is 19.1 Å². The predicted octanol–water partition coefficient (Wildman–Crippen LogP) is 4.79. The lowest BCUT2D eigenvalue weighted by atomic mass is 9.98. The van der Waals surface area contributed by atoms with E-state index in [4.69, 9.17) is 14.2 Å². The molecular weight excluding hydrogens is 457 g/mol. The van der Waals surface area contributed by atoms with Crippen molar-refractivity contribution in [3.8, 4) is 27.8 Å². The number of carbonyl (C=O) groups is 1. The molecule has 0 N–H and O–H groups in total. The zero-order chi connectivity index (χ0) is 24.1. The zero-order valence-electron chi connectivity index (χ0n) is 19.3. The van der Waals surface area contributed by atoms with Crippen LogP contribution in [0.4, 0.5) is 4.39 Å². The van der Waals surface area contributed by atoms with E-state index in [-0.39, 0.29) is 17.6 Å². The molecule has 1 aliphatic heterocycles. The molecule has 1 unspecified atom stereocenters. The fraction of sp³-hybridized carbons (Fsp3) is 0.320. The first-order valence-electron chi connectivity index (χ1n) is 10.9. The minimum absolute atomic E-state index is 0.0743. The van der Waals surface area contributed by atoms with Crippen LogP contribution in [0.3, 0.4) is 0 Å². The van der Waals surface area contributed by atoms with Gasteiger partial charge in [0.1, 0.15) is 10.8 Å². The number of aromatic nitrogens is 2. The molecule has 34 heavy (non-hydrogen) atoms. The molecule has 1 aliphatic rings. The summed E-state index contributed by atoms with van der Waals surface area (Å²) < 4.78 is 30.2. The molecule has 0 radical (unpaired) electrons. The number of hydrogen-bond acceptors (Lipinski definition) is 7. The summed E-state index contributed by atoms with van der Waals surface area (Å²) >= 11 is 1.38. The Balaban J connectivity index is 1.46. The summed E-state index contributed by atoms with van der Waals surface area (Å²) in [6.07, 6.45) is 5.06. The summed E-state index contributed by atoms with van der Waals surface area (Å²) in [5.41, 5.74) is 1.21. The SMILES string of the molecule is COc1cc(/C=C/C(=O)N2CCCC(c3nnc(-c4ccccc4F)s3)C2)cc(OC)c1OC. The van der Waals surface area contributed by atoms with Gasteiger partial charge in [0.15, 0.2) is 16.5 Å². The van der Waals surface area contributed by atoms with E-state index < -0.39 is 0 Å². The Morgan fingerprint density at radius 2 is 1.85 bits per heavy atom. The van der Waals surface area contributed by atoms with Crippen molar-refractivity contribution in [1.82, 2.24) is 15.1 Å². The van der Waals surface area contributed by atoms with Crippen molar-refractivity contribution in [3.05, 3.63) is 58.9 Å². The van der Waals surface area contributed by atoms with Gasteiger partial charge in [-0.15, -0.1) is 10.2 Å². The van der Waals surface area contributed by atoms with Crippen LogP contribution in [0.2, 0.25) is 0 Å². The molecule has 3 aromatic rings. The molecule has 1 amide bonds. The van der Waals surface area contributed by atoms with Crippen LogP contribution in [0.5, 0.6) is 17.2 Å². The van der Waals surface area contributed by atoms with Gasteiger partial charge in [0.25, 0.3) is 0 Å². The first kappa shape index (κ1) is 23.7. The van der Waals surface area contributed by atoms with E-state index in [2.05, 4.69) is 10.2 Å². The van der Waals surface area contributed by atoms with E-state index in [1.807, 2.05) is 4.90 Å². The Morgan fingerprint density at radius 1 is 1.12 bits per heavy atom. The molecule has 2 heterocycles. The van der Waals surface area contributed by atoms with Crippen LogP contribution in [0.1, 0.15) is 29.3 Å². The number of piperidine rings is 1. The Bertz CT molecular complexity index is 1170. The zero-order valence-corrected chi connectivity index (χ0v) is 20.1. The van der Waals surface area contributed by atoms with Crippen LogP contribution >= 0.6 is 11.3 Å². The lowest BCUT2D eigenvalue weighted by Gasteiger charge is -2.30. The van der Waals surface area contributed by atoms with Gasteiger partial charge in [0, 0.05) is 30.6 Å². The Kier molecular flexibility index (Phi) is 7.42. The van der Waals surface area contributed by atoms with Crippen molar-refractivity contribution >= 4 is 23.3 Å². The minimum Gasteiger partial charge on any atom is -0.493 e. The van der Waals surface area contributed by atoms with Crippen LogP contribution in [0, 0.1) is 5.82 Å². The molecule has 7 nitrogen and oxygen atoms in total. The van der Waals surface area contributed by atoms with Gasteiger partial charge in [0.2, 0.25) is 11.7 Å². The Hall–Kier alpha value is -3.46. The average molecular weight is 484 g/mol. The number of rotatable bonds is 7. The van der Waals surface area contributed by atoms with Gasteiger partial charge >= 0.3 is 0 Å². The number of hydrogen-bond donors (Lipinski definition) is 0. The van der Waals surface area contributed by atoms with Crippen LogP contribution < -0.4 is 14.2 Å². The normalized spacial score (nSPS) is 16.0. The number of carbonyl (C=O) groups excluding carboxylic acids is 1. The van der Waals surface area contributed by atoms with Gasteiger partial charge in [-0.3, -0.25) is 4.79 Å². The van der Waals surface area contributed by atoms with E-state index >= 15 is 0 Å². The third kappa shape index (κ3) is 5.04. The molecule has 0 bridgehead atoms. The molecule has 2 aromatic carbocycles. The van der Waals surface area contributed by atoms with Crippen molar-refractivity contribution in [3.63, 3.8) is 0 Å². The molecule has 4 rings (SSSR count). The predicted molar refractivity (Wildman–Crippen MR) is 129 cm³/mol. The number of ether oxygens (including phenoxy) is 3. The number of benzene rings is 2. The second-order valence-electron chi connectivity index (χ2n) is 7.84. The molecule has 178 valence electrons. The van der Waals surface area contributed by atoms with Crippen LogP contribution in [-0.2, 0) is 4.79 Å². The van der Waals surface area contributed by atoms with Crippen LogP contribution in [0.15, 0.2) is 42.5 Å². The fourth-order valence-corrected chi connectivity index (χ4v) is 4.99. The first-order chi connectivity index (χ1) is 16.5. The third-order valence-electron chi connectivity index (χ3n) is 5.73. The molecule has 0 saturated carbocycles. The minimum atomic E-state index is -0.317. The molecule has 1 aromatic heterocycles. The maximum absolute atomic E-state index is 14.1. The number of likely N-dealkylation sites (tertiary alicyclic amines) is 1. The summed E-state index contributed by atoms with van der Waals surface area (Å²) in [4.78, 5) is 14.7. The van der Waals surface area contributed by atoms with Gasteiger partial charge in [-0.2, -0.15) is 0 Å². The van der Waals surface area contributed by atoms with Crippen molar-refractivity contribution in [1.29, 1.82) is 0 Å². The Morgan fingerprint density at radius 3 is 2.53 bits per heavy atom. The summed E-state index contributed by atoms with van der Waals surface area (Å²) in [5, 5.41) is 9.88.